The van der Waals surface area contributed by atoms with Crippen LogP contribution in [0.15, 0.2) is 65.5 Å². The van der Waals surface area contributed by atoms with Crippen molar-refractivity contribution in [2.24, 2.45) is 0 Å². The van der Waals surface area contributed by atoms with E-state index in [1.54, 1.807) is 12.3 Å². The van der Waals surface area contributed by atoms with E-state index < -0.39 is 5.54 Å². The van der Waals surface area contributed by atoms with Crippen LogP contribution in [0, 0.1) is 0 Å². The second kappa shape index (κ2) is 9.15. The van der Waals surface area contributed by atoms with Crippen LogP contribution in [0.1, 0.15) is 47.8 Å². The number of nitrogens with zero attached hydrogens (tertiary/aromatic N) is 4. The third-order valence-corrected chi connectivity index (χ3v) is 5.93. The van der Waals surface area contributed by atoms with E-state index >= 15 is 0 Å². The van der Waals surface area contributed by atoms with Gasteiger partial charge in [-0.1, -0.05) is 30.3 Å². The quantitative estimate of drug-likeness (QED) is 0.302. The molecule has 0 bridgehead atoms. The molecule has 5 rings (SSSR count). The van der Waals surface area contributed by atoms with Crippen molar-refractivity contribution in [3.05, 3.63) is 77.8 Å². The minimum atomic E-state index is -0.466. The summed E-state index contributed by atoms with van der Waals surface area (Å²) in [5.41, 5.74) is 3.39. The van der Waals surface area contributed by atoms with E-state index in [4.69, 9.17) is 9.40 Å². The highest BCUT2D eigenvalue weighted by atomic mass is 16.4. The van der Waals surface area contributed by atoms with Gasteiger partial charge in [0.2, 0.25) is 12.3 Å². The zero-order valence-electron chi connectivity index (χ0n) is 19.3. The number of carbonyl (C=O) groups excluding carboxylic acids is 1. The molecule has 0 fully saturated rings. The fraction of sp³-hybridized carbons (Fsp3) is 0.240. The van der Waals surface area contributed by atoms with Crippen molar-refractivity contribution in [3.8, 4) is 11.5 Å². The molecule has 0 spiro atoms. The lowest BCUT2D eigenvalue weighted by atomic mass is 9.94. The lowest BCUT2D eigenvalue weighted by molar-refractivity contribution is 0.0940. The Kier molecular flexibility index (Phi) is 5.87. The molecule has 1 amide bonds. The molecule has 2 aromatic carbocycles. The molecule has 35 heavy (non-hydrogen) atoms. The van der Waals surface area contributed by atoms with E-state index in [1.807, 2.05) is 56.3 Å². The van der Waals surface area contributed by atoms with Crippen molar-refractivity contribution in [1.29, 1.82) is 0 Å². The third kappa shape index (κ3) is 4.56. The Morgan fingerprint density at radius 2 is 1.97 bits per heavy atom. The normalized spacial score (nSPS) is 14.8. The Hall–Kier alpha value is -4.31. The summed E-state index contributed by atoms with van der Waals surface area (Å²) in [4.78, 5) is 21.3. The zero-order valence-corrected chi connectivity index (χ0v) is 19.3. The fourth-order valence-corrected chi connectivity index (χ4v) is 4.19. The van der Waals surface area contributed by atoms with Gasteiger partial charge in [0.1, 0.15) is 5.82 Å². The van der Waals surface area contributed by atoms with Gasteiger partial charge in [0.25, 0.3) is 11.8 Å². The third-order valence-electron chi connectivity index (χ3n) is 5.93. The number of aliphatic hydroxyl groups is 1. The first-order chi connectivity index (χ1) is 16.9. The number of anilines is 3. The fourth-order valence-electron chi connectivity index (χ4n) is 4.19. The van der Waals surface area contributed by atoms with Crippen LogP contribution in [0.25, 0.3) is 11.5 Å². The molecule has 2 aromatic heterocycles. The number of carbonyl (C=O) groups is 1. The van der Waals surface area contributed by atoms with Crippen LogP contribution in [0.4, 0.5) is 17.5 Å². The van der Waals surface area contributed by atoms with Crippen molar-refractivity contribution in [2.75, 3.05) is 17.2 Å². The molecule has 0 unspecified atom stereocenters. The number of hydrogen-bond acceptors (Lipinski definition) is 9. The lowest BCUT2D eigenvalue weighted by Gasteiger charge is -2.21. The summed E-state index contributed by atoms with van der Waals surface area (Å²) in [5, 5.41) is 27.0. The van der Waals surface area contributed by atoms with Crippen LogP contribution in [0.2, 0.25) is 0 Å². The maximum Gasteiger partial charge on any atom is 0.252 e. The second-order valence-electron chi connectivity index (χ2n) is 8.78. The number of fused-ring (bicyclic) bond motifs is 1. The minimum absolute atomic E-state index is 0.00366. The maximum absolute atomic E-state index is 12.2. The van der Waals surface area contributed by atoms with Crippen LogP contribution < -0.4 is 16.0 Å². The van der Waals surface area contributed by atoms with Gasteiger partial charge >= 0.3 is 0 Å². The summed E-state index contributed by atoms with van der Waals surface area (Å²) in [6.45, 7) is 3.92. The number of rotatable bonds is 8. The molecule has 1 atom stereocenters. The SMILES string of the molecule is CC1(C)NC(=O)c2ccc(Nc3ncc(-c4nnco4)c(N[C@H](CCO)c4ccccc4)n3)cc21. The van der Waals surface area contributed by atoms with E-state index in [0.29, 0.717) is 29.3 Å². The molecular formula is C25H25N7O3. The first-order valence-corrected chi connectivity index (χ1v) is 11.2. The molecule has 3 heterocycles. The van der Waals surface area contributed by atoms with Gasteiger partial charge in [0, 0.05) is 24.1 Å². The highest BCUT2D eigenvalue weighted by molar-refractivity contribution is 6.00. The summed E-state index contributed by atoms with van der Waals surface area (Å²) in [6, 6.07) is 15.1. The van der Waals surface area contributed by atoms with Crippen LogP contribution in [0.5, 0.6) is 0 Å². The van der Waals surface area contributed by atoms with Crippen LogP contribution in [-0.4, -0.2) is 37.8 Å². The van der Waals surface area contributed by atoms with Gasteiger partial charge in [0.05, 0.1) is 17.1 Å². The average Bonchev–Trinajstić information content (AvgIpc) is 3.46. The van der Waals surface area contributed by atoms with E-state index in [2.05, 4.69) is 31.1 Å². The van der Waals surface area contributed by atoms with Gasteiger partial charge in [-0.2, -0.15) is 4.98 Å². The molecule has 1 aliphatic heterocycles. The van der Waals surface area contributed by atoms with E-state index in [1.165, 1.54) is 6.39 Å². The Balaban J connectivity index is 1.49. The molecule has 4 N–H and O–H groups in total. The van der Waals surface area contributed by atoms with Crippen LogP contribution in [-0.2, 0) is 5.54 Å². The smallest absolute Gasteiger partial charge is 0.252 e. The van der Waals surface area contributed by atoms with Crippen molar-refractivity contribution >= 4 is 23.4 Å². The number of benzene rings is 2. The summed E-state index contributed by atoms with van der Waals surface area (Å²) in [7, 11) is 0. The van der Waals surface area contributed by atoms with Crippen molar-refractivity contribution in [3.63, 3.8) is 0 Å². The monoisotopic (exact) mass is 471 g/mol. The molecule has 4 aromatic rings. The van der Waals surface area contributed by atoms with Crippen molar-refractivity contribution < 1.29 is 14.3 Å². The molecule has 1 aliphatic rings. The molecule has 0 radical (unpaired) electrons. The second-order valence-corrected chi connectivity index (χ2v) is 8.78. The molecule has 10 nitrogen and oxygen atoms in total. The highest BCUT2D eigenvalue weighted by Crippen LogP contribution is 2.34. The molecule has 0 saturated carbocycles. The highest BCUT2D eigenvalue weighted by Gasteiger charge is 2.35. The van der Waals surface area contributed by atoms with E-state index in [0.717, 1.165) is 16.8 Å². The van der Waals surface area contributed by atoms with Gasteiger partial charge in [-0.15, -0.1) is 10.2 Å². The zero-order chi connectivity index (χ0) is 24.4. The number of aliphatic hydroxyl groups excluding tert-OH is 1. The minimum Gasteiger partial charge on any atom is -0.423 e. The summed E-state index contributed by atoms with van der Waals surface area (Å²) < 4.78 is 5.40. The number of amides is 1. The number of aromatic nitrogens is 4. The summed E-state index contributed by atoms with van der Waals surface area (Å²) in [5.74, 6) is 1.02. The predicted molar refractivity (Wildman–Crippen MR) is 130 cm³/mol. The topological polar surface area (TPSA) is 138 Å². The molecule has 10 heteroatoms. The largest absolute Gasteiger partial charge is 0.423 e. The molecule has 178 valence electrons. The van der Waals surface area contributed by atoms with Crippen LogP contribution in [0.3, 0.4) is 0 Å². The van der Waals surface area contributed by atoms with Crippen molar-refractivity contribution in [2.45, 2.75) is 31.8 Å². The number of hydrogen-bond donors (Lipinski definition) is 4. The van der Waals surface area contributed by atoms with Gasteiger partial charge in [-0.3, -0.25) is 4.79 Å². The summed E-state index contributed by atoms with van der Waals surface area (Å²) >= 11 is 0. The van der Waals surface area contributed by atoms with Gasteiger partial charge in [0.15, 0.2) is 0 Å². The summed E-state index contributed by atoms with van der Waals surface area (Å²) in [6.07, 6.45) is 3.32. The standard InChI is InChI=1S/C25H25N7O3/c1-25(2)19-12-16(8-9-17(19)22(34)31-25)28-24-26-13-18(23-32-27-14-35-23)21(30-24)29-20(10-11-33)15-6-4-3-5-7-15/h3-9,12-14,20,33H,10-11H2,1-2H3,(H,31,34)(H2,26,28,29,30)/t20-/m1/s1. The first kappa shape index (κ1) is 22.5. The molecular weight excluding hydrogens is 446 g/mol. The first-order valence-electron chi connectivity index (χ1n) is 11.2. The van der Waals surface area contributed by atoms with Crippen LogP contribution >= 0.6 is 0 Å². The number of nitrogens with one attached hydrogen (secondary N) is 3. The predicted octanol–water partition coefficient (Wildman–Crippen LogP) is 3.78. The van der Waals surface area contributed by atoms with E-state index in [-0.39, 0.29) is 24.4 Å². The Morgan fingerprint density at radius 3 is 2.71 bits per heavy atom. The Labute approximate surface area is 201 Å². The van der Waals surface area contributed by atoms with E-state index in [9.17, 15) is 9.90 Å². The van der Waals surface area contributed by atoms with Gasteiger partial charge in [-0.25, -0.2) is 4.98 Å². The maximum atomic E-state index is 12.2. The Bertz CT molecular complexity index is 1340. The van der Waals surface area contributed by atoms with Crippen molar-refractivity contribution in [1.82, 2.24) is 25.5 Å². The lowest BCUT2D eigenvalue weighted by Crippen LogP contribution is -2.32. The van der Waals surface area contributed by atoms with Gasteiger partial charge in [-0.05, 0) is 49.6 Å². The molecule has 0 aliphatic carbocycles. The average molecular weight is 472 g/mol. The molecule has 0 saturated heterocycles. The Morgan fingerprint density at radius 1 is 1.14 bits per heavy atom. The van der Waals surface area contributed by atoms with Gasteiger partial charge < -0.3 is 25.5 Å².